The van der Waals surface area contributed by atoms with Gasteiger partial charge in [-0.15, -0.1) is 12.3 Å². The van der Waals surface area contributed by atoms with Crippen LogP contribution in [0.3, 0.4) is 0 Å². The van der Waals surface area contributed by atoms with Crippen molar-refractivity contribution >= 4 is 15.9 Å². The lowest BCUT2D eigenvalue weighted by molar-refractivity contribution is 0.550. The molecule has 3 heteroatoms. The molecule has 0 heterocycles. The summed E-state index contributed by atoms with van der Waals surface area (Å²) in [5.41, 5.74) is 8.18. The summed E-state index contributed by atoms with van der Waals surface area (Å²) in [7, 11) is 0. The van der Waals surface area contributed by atoms with E-state index in [2.05, 4.69) is 52.3 Å². The number of hydrogen-bond acceptors (Lipinski definition) is 2. The van der Waals surface area contributed by atoms with Crippen molar-refractivity contribution in [2.45, 2.75) is 19.4 Å². The van der Waals surface area contributed by atoms with E-state index in [1.54, 1.807) is 0 Å². The first-order valence-electron chi connectivity index (χ1n) is 5.32. The molecule has 1 atom stereocenters. The Morgan fingerprint density at radius 2 is 2.31 bits per heavy atom. The summed E-state index contributed by atoms with van der Waals surface area (Å²) < 4.78 is 1.12. The van der Waals surface area contributed by atoms with Crippen molar-refractivity contribution in [1.82, 2.24) is 5.32 Å². The molecule has 0 fully saturated rings. The Morgan fingerprint density at radius 3 is 2.88 bits per heavy atom. The summed E-state index contributed by atoms with van der Waals surface area (Å²) in [6, 6.07) is 6.46. The van der Waals surface area contributed by atoms with E-state index in [-0.39, 0.29) is 6.04 Å². The summed E-state index contributed by atoms with van der Waals surface area (Å²) in [5, 5.41) is 3.35. The van der Waals surface area contributed by atoms with Crippen molar-refractivity contribution < 1.29 is 0 Å². The fraction of sp³-hybridized carbons (Fsp3) is 0.385. The van der Waals surface area contributed by atoms with Gasteiger partial charge >= 0.3 is 0 Å². The van der Waals surface area contributed by atoms with Gasteiger partial charge < -0.3 is 11.1 Å². The zero-order valence-electron chi connectivity index (χ0n) is 9.46. The van der Waals surface area contributed by atoms with Crippen LogP contribution in [0.5, 0.6) is 0 Å². The van der Waals surface area contributed by atoms with E-state index >= 15 is 0 Å². The van der Waals surface area contributed by atoms with Gasteiger partial charge in [-0.2, -0.15) is 0 Å². The van der Waals surface area contributed by atoms with Gasteiger partial charge in [-0.3, -0.25) is 0 Å². The molecule has 0 amide bonds. The van der Waals surface area contributed by atoms with E-state index < -0.39 is 0 Å². The predicted molar refractivity (Wildman–Crippen MR) is 72.1 cm³/mol. The van der Waals surface area contributed by atoms with Crippen LogP contribution in [-0.2, 0) is 0 Å². The first-order chi connectivity index (χ1) is 7.69. The largest absolute Gasteiger partial charge is 0.329 e. The lowest BCUT2D eigenvalue weighted by Gasteiger charge is -2.17. The summed E-state index contributed by atoms with van der Waals surface area (Å²) in [6.45, 7) is 3.45. The number of terminal acetylenes is 1. The Labute approximate surface area is 106 Å². The van der Waals surface area contributed by atoms with Crippen LogP contribution in [0.4, 0.5) is 0 Å². The van der Waals surface area contributed by atoms with Gasteiger partial charge in [0, 0.05) is 30.0 Å². The van der Waals surface area contributed by atoms with Crippen molar-refractivity contribution in [3.8, 4) is 12.3 Å². The summed E-state index contributed by atoms with van der Waals surface area (Å²) >= 11 is 3.49. The van der Waals surface area contributed by atoms with Crippen molar-refractivity contribution in [3.63, 3.8) is 0 Å². The lowest BCUT2D eigenvalue weighted by atomic mass is 10.0. The van der Waals surface area contributed by atoms with Crippen LogP contribution in [0.2, 0.25) is 0 Å². The van der Waals surface area contributed by atoms with Crippen LogP contribution in [0, 0.1) is 19.3 Å². The number of aryl methyl sites for hydroxylation is 1. The van der Waals surface area contributed by atoms with Crippen LogP contribution in [0.1, 0.15) is 23.6 Å². The van der Waals surface area contributed by atoms with Gasteiger partial charge in [-0.05, 0) is 24.1 Å². The summed E-state index contributed by atoms with van der Waals surface area (Å²) in [5.74, 6) is 2.61. The molecule has 0 aliphatic carbocycles. The van der Waals surface area contributed by atoms with Gasteiger partial charge in [0.1, 0.15) is 0 Å². The second-order valence-electron chi connectivity index (χ2n) is 3.71. The molecule has 16 heavy (non-hydrogen) atoms. The fourth-order valence-corrected chi connectivity index (χ4v) is 1.79. The summed E-state index contributed by atoms with van der Waals surface area (Å²) in [6.07, 6.45) is 5.94. The van der Waals surface area contributed by atoms with E-state index in [1.807, 2.05) is 0 Å². The molecule has 0 saturated carbocycles. The lowest BCUT2D eigenvalue weighted by Crippen LogP contribution is -2.28. The molecule has 0 radical (unpaired) electrons. The Morgan fingerprint density at radius 1 is 1.56 bits per heavy atom. The van der Waals surface area contributed by atoms with E-state index in [0.29, 0.717) is 6.54 Å². The van der Waals surface area contributed by atoms with Crippen LogP contribution in [0.15, 0.2) is 22.7 Å². The van der Waals surface area contributed by atoms with Crippen molar-refractivity contribution in [3.05, 3.63) is 33.8 Å². The maximum absolute atomic E-state index is 5.75. The van der Waals surface area contributed by atoms with Crippen LogP contribution < -0.4 is 11.1 Å². The Kier molecular flexibility index (Phi) is 5.54. The monoisotopic (exact) mass is 280 g/mol. The molecule has 0 bridgehead atoms. The molecule has 1 unspecified atom stereocenters. The third-order valence-corrected chi connectivity index (χ3v) is 3.37. The molecular formula is C13H17BrN2. The van der Waals surface area contributed by atoms with Gasteiger partial charge in [0.15, 0.2) is 0 Å². The van der Waals surface area contributed by atoms with Gasteiger partial charge in [-0.25, -0.2) is 0 Å². The van der Waals surface area contributed by atoms with Gasteiger partial charge in [0.2, 0.25) is 0 Å². The SMILES string of the molecule is C#CCCNC(CN)c1ccc(Br)c(C)c1. The van der Waals surface area contributed by atoms with Gasteiger partial charge in [0.25, 0.3) is 0 Å². The Bertz CT molecular complexity index is 382. The fourth-order valence-electron chi connectivity index (χ4n) is 1.54. The highest BCUT2D eigenvalue weighted by molar-refractivity contribution is 9.10. The number of rotatable bonds is 5. The minimum atomic E-state index is 0.181. The summed E-state index contributed by atoms with van der Waals surface area (Å²) in [4.78, 5) is 0. The maximum Gasteiger partial charge on any atom is 0.0444 e. The van der Waals surface area contributed by atoms with Gasteiger partial charge in [-0.1, -0.05) is 28.1 Å². The molecule has 1 aromatic rings. The number of nitrogens with one attached hydrogen (secondary N) is 1. The number of benzene rings is 1. The van der Waals surface area contributed by atoms with Crippen LogP contribution in [0.25, 0.3) is 0 Å². The minimum Gasteiger partial charge on any atom is -0.329 e. The van der Waals surface area contributed by atoms with E-state index in [1.165, 1.54) is 11.1 Å². The van der Waals surface area contributed by atoms with E-state index in [9.17, 15) is 0 Å². The van der Waals surface area contributed by atoms with Crippen LogP contribution >= 0.6 is 15.9 Å². The molecule has 2 nitrogen and oxygen atoms in total. The number of nitrogens with two attached hydrogens (primary N) is 1. The van der Waals surface area contributed by atoms with Gasteiger partial charge in [0.05, 0.1) is 0 Å². The average Bonchev–Trinajstić information content (AvgIpc) is 2.29. The zero-order chi connectivity index (χ0) is 12.0. The quantitative estimate of drug-likeness (QED) is 0.642. The highest BCUT2D eigenvalue weighted by atomic mass is 79.9. The highest BCUT2D eigenvalue weighted by Gasteiger charge is 2.09. The Balaban J connectivity index is 2.71. The molecule has 0 aliphatic heterocycles. The van der Waals surface area contributed by atoms with Crippen molar-refractivity contribution in [1.29, 1.82) is 0 Å². The second kappa shape index (κ2) is 6.70. The molecule has 86 valence electrons. The third-order valence-electron chi connectivity index (χ3n) is 2.48. The normalized spacial score (nSPS) is 12.1. The molecule has 0 aromatic heterocycles. The highest BCUT2D eigenvalue weighted by Crippen LogP contribution is 2.20. The maximum atomic E-state index is 5.75. The molecule has 0 spiro atoms. The predicted octanol–water partition coefficient (Wildman–Crippen LogP) is 2.37. The minimum absolute atomic E-state index is 0.181. The van der Waals surface area contributed by atoms with Crippen LogP contribution in [-0.4, -0.2) is 13.1 Å². The molecule has 1 aromatic carbocycles. The molecule has 0 saturated heterocycles. The molecule has 3 N–H and O–H groups in total. The van der Waals surface area contributed by atoms with Crippen molar-refractivity contribution in [2.75, 3.05) is 13.1 Å². The van der Waals surface area contributed by atoms with E-state index in [4.69, 9.17) is 12.2 Å². The molecule has 0 aliphatic rings. The first kappa shape index (κ1) is 13.2. The number of hydrogen-bond donors (Lipinski definition) is 2. The second-order valence-corrected chi connectivity index (χ2v) is 4.56. The topological polar surface area (TPSA) is 38.0 Å². The molecule has 1 rings (SSSR count). The van der Waals surface area contributed by atoms with E-state index in [0.717, 1.165) is 17.4 Å². The standard InChI is InChI=1S/C13H17BrN2/c1-3-4-7-16-13(9-15)11-5-6-12(14)10(2)8-11/h1,5-6,8,13,16H,4,7,9,15H2,2H3. The smallest absolute Gasteiger partial charge is 0.0444 e. The average molecular weight is 281 g/mol. The third kappa shape index (κ3) is 3.64. The first-order valence-corrected chi connectivity index (χ1v) is 6.11. The van der Waals surface area contributed by atoms with Crippen molar-refractivity contribution in [2.24, 2.45) is 5.73 Å². The Hall–Kier alpha value is -0.820. The molecular weight excluding hydrogens is 264 g/mol. The zero-order valence-corrected chi connectivity index (χ0v) is 11.0. The number of halogens is 1.